The average molecular weight is 257 g/mol. The number of benzene rings is 1. The molecule has 3 N–H and O–H groups in total. The van der Waals surface area contributed by atoms with Crippen LogP contribution in [-0.2, 0) is 11.2 Å². The number of hydrogen-bond acceptors (Lipinski definition) is 2. The number of carbonyl (C=O) groups excluding carboxylic acids is 1. The Labute approximate surface area is 104 Å². The molecule has 17 heavy (non-hydrogen) atoms. The lowest BCUT2D eigenvalue weighted by molar-refractivity contribution is -0.136. The third-order valence-electron chi connectivity index (χ3n) is 1.92. The third kappa shape index (κ3) is 5.21. The molecule has 1 aromatic carbocycles. The SMILES string of the molecule is O=C(O)Cc1cccc(NC(=O)NCCCl)c1. The Hall–Kier alpha value is -1.75. The van der Waals surface area contributed by atoms with E-state index in [2.05, 4.69) is 10.6 Å². The van der Waals surface area contributed by atoms with Gasteiger partial charge in [0.2, 0.25) is 0 Å². The number of halogens is 1. The van der Waals surface area contributed by atoms with Gasteiger partial charge >= 0.3 is 12.0 Å². The summed E-state index contributed by atoms with van der Waals surface area (Å²) in [7, 11) is 0. The van der Waals surface area contributed by atoms with E-state index in [0.717, 1.165) is 0 Å². The van der Waals surface area contributed by atoms with E-state index in [-0.39, 0.29) is 12.5 Å². The highest BCUT2D eigenvalue weighted by molar-refractivity contribution is 6.18. The smallest absolute Gasteiger partial charge is 0.319 e. The first-order valence-corrected chi connectivity index (χ1v) is 5.57. The lowest BCUT2D eigenvalue weighted by Crippen LogP contribution is -2.30. The van der Waals surface area contributed by atoms with Gasteiger partial charge in [0.15, 0.2) is 0 Å². The predicted octanol–water partition coefficient (Wildman–Crippen LogP) is 1.67. The Morgan fingerprint density at radius 1 is 1.35 bits per heavy atom. The van der Waals surface area contributed by atoms with Gasteiger partial charge in [0.05, 0.1) is 6.42 Å². The number of anilines is 1. The van der Waals surface area contributed by atoms with E-state index in [0.29, 0.717) is 23.7 Å². The molecule has 92 valence electrons. The van der Waals surface area contributed by atoms with Crippen LogP contribution in [0.1, 0.15) is 5.56 Å². The number of urea groups is 1. The highest BCUT2D eigenvalue weighted by Gasteiger charge is 2.03. The largest absolute Gasteiger partial charge is 0.481 e. The fourth-order valence-electron chi connectivity index (χ4n) is 1.27. The van der Waals surface area contributed by atoms with Crippen molar-refractivity contribution >= 4 is 29.3 Å². The van der Waals surface area contributed by atoms with Crippen LogP contribution in [0.4, 0.5) is 10.5 Å². The Balaban J connectivity index is 2.59. The summed E-state index contributed by atoms with van der Waals surface area (Å²) in [5.41, 5.74) is 1.18. The molecular formula is C11H13ClN2O3. The number of alkyl halides is 1. The van der Waals surface area contributed by atoms with Gasteiger partial charge in [-0.3, -0.25) is 4.79 Å². The molecule has 0 unspecified atom stereocenters. The maximum Gasteiger partial charge on any atom is 0.319 e. The molecule has 0 radical (unpaired) electrons. The molecular weight excluding hydrogens is 244 g/mol. The molecule has 1 rings (SSSR count). The monoisotopic (exact) mass is 256 g/mol. The van der Waals surface area contributed by atoms with Crippen molar-refractivity contribution in [1.82, 2.24) is 5.32 Å². The molecule has 2 amide bonds. The summed E-state index contributed by atoms with van der Waals surface area (Å²) in [6.07, 6.45) is -0.0706. The van der Waals surface area contributed by atoms with Gasteiger partial charge in [0.25, 0.3) is 0 Å². The number of hydrogen-bond donors (Lipinski definition) is 3. The topological polar surface area (TPSA) is 78.4 Å². The van der Waals surface area contributed by atoms with Crippen LogP contribution < -0.4 is 10.6 Å². The zero-order valence-electron chi connectivity index (χ0n) is 9.07. The fraction of sp³-hybridized carbons (Fsp3) is 0.273. The van der Waals surface area contributed by atoms with E-state index in [1.165, 1.54) is 0 Å². The normalized spacial score (nSPS) is 9.71. The van der Waals surface area contributed by atoms with E-state index in [1.54, 1.807) is 24.3 Å². The number of carboxylic acid groups (broad SMARTS) is 1. The molecule has 0 atom stereocenters. The van der Waals surface area contributed by atoms with Gasteiger partial charge in [-0.2, -0.15) is 0 Å². The summed E-state index contributed by atoms with van der Waals surface area (Å²) in [6, 6.07) is 6.32. The van der Waals surface area contributed by atoms with Gasteiger partial charge in [-0.15, -0.1) is 11.6 Å². The van der Waals surface area contributed by atoms with Crippen LogP contribution in [0.15, 0.2) is 24.3 Å². The molecule has 5 nitrogen and oxygen atoms in total. The van der Waals surface area contributed by atoms with Crippen LogP contribution in [0.5, 0.6) is 0 Å². The highest BCUT2D eigenvalue weighted by atomic mass is 35.5. The summed E-state index contributed by atoms with van der Waals surface area (Å²) in [4.78, 5) is 21.8. The maximum atomic E-state index is 11.3. The summed E-state index contributed by atoms with van der Waals surface area (Å²) in [6.45, 7) is 0.377. The lowest BCUT2D eigenvalue weighted by Gasteiger charge is -2.07. The molecule has 0 aliphatic carbocycles. The predicted molar refractivity (Wildman–Crippen MR) is 65.5 cm³/mol. The number of rotatable bonds is 5. The molecule has 0 aromatic heterocycles. The Kier molecular flexibility index (Phi) is 5.29. The summed E-state index contributed by atoms with van der Waals surface area (Å²) in [5.74, 6) is -0.569. The van der Waals surface area contributed by atoms with Gasteiger partial charge in [-0.25, -0.2) is 4.79 Å². The number of nitrogens with one attached hydrogen (secondary N) is 2. The van der Waals surface area contributed by atoms with Gasteiger partial charge in [0.1, 0.15) is 0 Å². The van der Waals surface area contributed by atoms with E-state index < -0.39 is 5.97 Å². The van der Waals surface area contributed by atoms with Gasteiger partial charge in [-0.1, -0.05) is 12.1 Å². The van der Waals surface area contributed by atoms with Crippen LogP contribution in [0.25, 0.3) is 0 Å². The minimum absolute atomic E-state index is 0.0706. The van der Waals surface area contributed by atoms with Crippen molar-refractivity contribution in [3.8, 4) is 0 Å². The standard InChI is InChI=1S/C11H13ClN2O3/c12-4-5-13-11(17)14-9-3-1-2-8(6-9)7-10(15)16/h1-3,6H,4-5,7H2,(H,15,16)(H2,13,14,17). The molecule has 6 heteroatoms. The van der Waals surface area contributed by atoms with Crippen LogP contribution in [0.3, 0.4) is 0 Å². The number of amides is 2. The molecule has 0 bridgehead atoms. The summed E-state index contributed by atoms with van der Waals surface area (Å²) < 4.78 is 0. The molecule has 0 aliphatic heterocycles. The minimum atomic E-state index is -0.909. The van der Waals surface area contributed by atoms with Crippen LogP contribution >= 0.6 is 11.6 Å². The Morgan fingerprint density at radius 2 is 2.12 bits per heavy atom. The average Bonchev–Trinajstić information content (AvgIpc) is 2.26. The van der Waals surface area contributed by atoms with Crippen LogP contribution in [-0.4, -0.2) is 29.5 Å². The van der Waals surface area contributed by atoms with E-state index in [9.17, 15) is 9.59 Å². The third-order valence-corrected chi connectivity index (χ3v) is 2.11. The molecule has 0 heterocycles. The van der Waals surface area contributed by atoms with Crippen molar-refractivity contribution in [2.24, 2.45) is 0 Å². The zero-order valence-corrected chi connectivity index (χ0v) is 9.83. The molecule has 0 aliphatic rings. The second-order valence-corrected chi connectivity index (χ2v) is 3.72. The van der Waals surface area contributed by atoms with Crippen molar-refractivity contribution in [2.75, 3.05) is 17.7 Å². The van der Waals surface area contributed by atoms with Gasteiger partial charge in [0, 0.05) is 18.1 Å². The number of carbonyl (C=O) groups is 2. The minimum Gasteiger partial charge on any atom is -0.481 e. The first kappa shape index (κ1) is 13.3. The first-order valence-electron chi connectivity index (χ1n) is 5.03. The molecule has 0 saturated carbocycles. The second kappa shape index (κ2) is 6.75. The molecule has 0 saturated heterocycles. The quantitative estimate of drug-likeness (QED) is 0.702. The van der Waals surface area contributed by atoms with Crippen LogP contribution in [0.2, 0.25) is 0 Å². The van der Waals surface area contributed by atoms with Crippen molar-refractivity contribution in [1.29, 1.82) is 0 Å². The molecule has 0 spiro atoms. The van der Waals surface area contributed by atoms with E-state index in [1.807, 2.05) is 0 Å². The first-order chi connectivity index (χ1) is 8.11. The lowest BCUT2D eigenvalue weighted by atomic mass is 10.1. The fourth-order valence-corrected chi connectivity index (χ4v) is 1.36. The highest BCUT2D eigenvalue weighted by Crippen LogP contribution is 2.11. The van der Waals surface area contributed by atoms with Crippen molar-refractivity contribution in [3.05, 3.63) is 29.8 Å². The Bertz CT molecular complexity index is 409. The van der Waals surface area contributed by atoms with Gasteiger partial charge < -0.3 is 15.7 Å². The van der Waals surface area contributed by atoms with Crippen molar-refractivity contribution in [2.45, 2.75) is 6.42 Å². The maximum absolute atomic E-state index is 11.3. The van der Waals surface area contributed by atoms with E-state index in [4.69, 9.17) is 16.7 Å². The Morgan fingerprint density at radius 3 is 2.76 bits per heavy atom. The van der Waals surface area contributed by atoms with Crippen LogP contribution in [0, 0.1) is 0 Å². The summed E-state index contributed by atoms with van der Waals surface area (Å²) >= 11 is 5.42. The molecule has 1 aromatic rings. The number of aliphatic carboxylic acids is 1. The number of carboxylic acids is 1. The van der Waals surface area contributed by atoms with Crippen molar-refractivity contribution < 1.29 is 14.7 Å². The molecule has 0 fully saturated rings. The van der Waals surface area contributed by atoms with E-state index >= 15 is 0 Å². The summed E-state index contributed by atoms with van der Waals surface area (Å²) in [5, 5.41) is 13.8. The second-order valence-electron chi connectivity index (χ2n) is 3.34. The zero-order chi connectivity index (χ0) is 12.7. The van der Waals surface area contributed by atoms with Crippen molar-refractivity contribution in [3.63, 3.8) is 0 Å². The van der Waals surface area contributed by atoms with Gasteiger partial charge in [-0.05, 0) is 17.7 Å².